The van der Waals surface area contributed by atoms with Gasteiger partial charge in [0, 0.05) is 13.1 Å². The smallest absolute Gasteiger partial charge is 0.309 e. The predicted molar refractivity (Wildman–Crippen MR) is 76.7 cm³/mol. The maximum Gasteiger partial charge on any atom is 0.309 e. The maximum atomic E-state index is 11.5. The topological polar surface area (TPSA) is 58.2 Å². The van der Waals surface area contributed by atoms with E-state index in [2.05, 4.69) is 24.5 Å². The molecular formula is C15H28N2O2. The highest BCUT2D eigenvalue weighted by molar-refractivity contribution is 6.35. The van der Waals surface area contributed by atoms with Crippen molar-refractivity contribution in [3.8, 4) is 0 Å². The molecule has 4 heteroatoms. The molecular weight excluding hydrogens is 240 g/mol. The first-order valence-electron chi connectivity index (χ1n) is 7.65. The summed E-state index contributed by atoms with van der Waals surface area (Å²) in [5.41, 5.74) is 0. The van der Waals surface area contributed by atoms with Gasteiger partial charge in [-0.15, -0.1) is 0 Å². The number of amides is 2. The minimum atomic E-state index is -0.496. The number of rotatable bonds is 6. The molecule has 1 aliphatic carbocycles. The maximum absolute atomic E-state index is 11.5. The molecule has 4 nitrogen and oxygen atoms in total. The van der Waals surface area contributed by atoms with E-state index < -0.39 is 11.8 Å². The SMILES string of the molecule is CC(C)CCNC(=O)C(=O)NCCC1CCCCC1. The van der Waals surface area contributed by atoms with Crippen LogP contribution in [0.3, 0.4) is 0 Å². The molecule has 1 rings (SSSR count). The van der Waals surface area contributed by atoms with Gasteiger partial charge in [0.25, 0.3) is 0 Å². The molecule has 2 N–H and O–H groups in total. The minimum absolute atomic E-state index is 0.487. The van der Waals surface area contributed by atoms with Crippen LogP contribution in [0.4, 0.5) is 0 Å². The van der Waals surface area contributed by atoms with Gasteiger partial charge in [-0.2, -0.15) is 0 Å². The fraction of sp³-hybridized carbons (Fsp3) is 0.867. The molecule has 2 amide bonds. The Bertz CT molecular complexity index is 284. The first kappa shape index (κ1) is 16.0. The average Bonchev–Trinajstić information content (AvgIpc) is 2.39. The van der Waals surface area contributed by atoms with Crippen LogP contribution in [0, 0.1) is 11.8 Å². The van der Waals surface area contributed by atoms with Crippen LogP contribution < -0.4 is 10.6 Å². The lowest BCUT2D eigenvalue weighted by atomic mass is 9.87. The molecule has 0 radical (unpaired) electrons. The summed E-state index contributed by atoms with van der Waals surface area (Å²) >= 11 is 0. The van der Waals surface area contributed by atoms with E-state index in [9.17, 15) is 9.59 Å². The molecule has 1 aliphatic rings. The van der Waals surface area contributed by atoms with Crippen molar-refractivity contribution < 1.29 is 9.59 Å². The van der Waals surface area contributed by atoms with Gasteiger partial charge in [0.1, 0.15) is 0 Å². The summed E-state index contributed by atoms with van der Waals surface area (Å²) in [5.74, 6) is 0.288. The van der Waals surface area contributed by atoms with Crippen LogP contribution in [0.25, 0.3) is 0 Å². The molecule has 0 atom stereocenters. The van der Waals surface area contributed by atoms with Crippen molar-refractivity contribution in [2.24, 2.45) is 11.8 Å². The van der Waals surface area contributed by atoms with Crippen LogP contribution in [0.2, 0.25) is 0 Å². The van der Waals surface area contributed by atoms with E-state index in [-0.39, 0.29) is 0 Å². The highest BCUT2D eigenvalue weighted by Crippen LogP contribution is 2.25. The summed E-state index contributed by atoms with van der Waals surface area (Å²) in [6.07, 6.45) is 8.43. The van der Waals surface area contributed by atoms with Gasteiger partial charge >= 0.3 is 11.8 Å². The van der Waals surface area contributed by atoms with Crippen LogP contribution in [0.1, 0.15) is 58.8 Å². The monoisotopic (exact) mass is 268 g/mol. The van der Waals surface area contributed by atoms with E-state index in [0.717, 1.165) is 18.8 Å². The second-order valence-electron chi connectivity index (χ2n) is 5.99. The summed E-state index contributed by atoms with van der Waals surface area (Å²) in [6.45, 7) is 5.39. The zero-order valence-electron chi connectivity index (χ0n) is 12.3. The Morgan fingerprint density at radius 2 is 1.58 bits per heavy atom. The number of carbonyl (C=O) groups excluding carboxylic acids is 2. The molecule has 0 aliphatic heterocycles. The van der Waals surface area contributed by atoms with Crippen LogP contribution >= 0.6 is 0 Å². The molecule has 0 aromatic rings. The van der Waals surface area contributed by atoms with Crippen LogP contribution in [0.15, 0.2) is 0 Å². The van der Waals surface area contributed by atoms with E-state index in [1.54, 1.807) is 0 Å². The van der Waals surface area contributed by atoms with E-state index in [4.69, 9.17) is 0 Å². The standard InChI is InChI=1S/C15H28N2O2/c1-12(2)8-10-16-14(18)15(19)17-11-9-13-6-4-3-5-7-13/h12-13H,3-11H2,1-2H3,(H,16,18)(H,17,19). The lowest BCUT2D eigenvalue weighted by molar-refractivity contribution is -0.139. The molecule has 19 heavy (non-hydrogen) atoms. The molecule has 0 unspecified atom stereocenters. The number of nitrogens with one attached hydrogen (secondary N) is 2. The first-order valence-corrected chi connectivity index (χ1v) is 7.65. The van der Waals surface area contributed by atoms with Gasteiger partial charge in [0.15, 0.2) is 0 Å². The number of hydrogen-bond donors (Lipinski definition) is 2. The average molecular weight is 268 g/mol. The molecule has 0 aromatic carbocycles. The molecule has 1 saturated carbocycles. The molecule has 0 aromatic heterocycles. The van der Waals surface area contributed by atoms with Gasteiger partial charge in [-0.25, -0.2) is 0 Å². The van der Waals surface area contributed by atoms with E-state index in [1.807, 2.05) is 0 Å². The van der Waals surface area contributed by atoms with Crippen LogP contribution in [-0.2, 0) is 9.59 Å². The highest BCUT2D eigenvalue weighted by Gasteiger charge is 2.15. The van der Waals surface area contributed by atoms with E-state index in [1.165, 1.54) is 32.1 Å². The summed E-state index contributed by atoms with van der Waals surface area (Å²) < 4.78 is 0. The zero-order valence-corrected chi connectivity index (χ0v) is 12.3. The third-order valence-electron chi connectivity index (χ3n) is 3.78. The fourth-order valence-electron chi connectivity index (χ4n) is 2.50. The normalized spacial score (nSPS) is 16.4. The Morgan fingerprint density at radius 1 is 1.00 bits per heavy atom. The summed E-state index contributed by atoms with van der Waals surface area (Å²) in [6, 6.07) is 0. The Morgan fingerprint density at radius 3 is 2.16 bits per heavy atom. The first-order chi connectivity index (χ1) is 9.09. The summed E-state index contributed by atoms with van der Waals surface area (Å²) in [7, 11) is 0. The third kappa shape index (κ3) is 7.19. The van der Waals surface area contributed by atoms with Crippen molar-refractivity contribution in [1.82, 2.24) is 10.6 Å². The Kier molecular flexibility index (Phi) is 7.53. The lowest BCUT2D eigenvalue weighted by Gasteiger charge is -2.21. The van der Waals surface area contributed by atoms with Crippen LogP contribution in [-0.4, -0.2) is 24.9 Å². The van der Waals surface area contributed by atoms with Crippen molar-refractivity contribution >= 4 is 11.8 Å². The Hall–Kier alpha value is -1.06. The third-order valence-corrected chi connectivity index (χ3v) is 3.78. The number of hydrogen-bond acceptors (Lipinski definition) is 2. The molecule has 110 valence electrons. The van der Waals surface area contributed by atoms with Gasteiger partial charge in [0.2, 0.25) is 0 Å². The second-order valence-corrected chi connectivity index (χ2v) is 5.99. The quantitative estimate of drug-likeness (QED) is 0.726. The van der Waals surface area contributed by atoms with Gasteiger partial charge in [-0.05, 0) is 24.7 Å². The van der Waals surface area contributed by atoms with E-state index in [0.29, 0.717) is 19.0 Å². The summed E-state index contributed by atoms with van der Waals surface area (Å²) in [5, 5.41) is 5.37. The van der Waals surface area contributed by atoms with Crippen molar-refractivity contribution in [3.05, 3.63) is 0 Å². The largest absolute Gasteiger partial charge is 0.348 e. The Labute approximate surface area is 116 Å². The number of carbonyl (C=O) groups is 2. The second kappa shape index (κ2) is 8.94. The van der Waals surface area contributed by atoms with Gasteiger partial charge in [-0.1, -0.05) is 46.0 Å². The Balaban J connectivity index is 2.07. The molecule has 0 spiro atoms. The molecule has 0 heterocycles. The minimum Gasteiger partial charge on any atom is -0.348 e. The molecule has 0 saturated heterocycles. The fourth-order valence-corrected chi connectivity index (χ4v) is 2.50. The van der Waals surface area contributed by atoms with Gasteiger partial charge < -0.3 is 10.6 Å². The molecule has 0 bridgehead atoms. The highest BCUT2D eigenvalue weighted by atomic mass is 16.2. The van der Waals surface area contributed by atoms with Crippen molar-refractivity contribution in [3.63, 3.8) is 0 Å². The predicted octanol–water partition coefficient (Wildman–Crippen LogP) is 2.24. The van der Waals surface area contributed by atoms with Gasteiger partial charge in [-0.3, -0.25) is 9.59 Å². The van der Waals surface area contributed by atoms with Crippen molar-refractivity contribution in [2.45, 2.75) is 58.8 Å². The van der Waals surface area contributed by atoms with E-state index >= 15 is 0 Å². The lowest BCUT2D eigenvalue weighted by Crippen LogP contribution is -2.41. The summed E-state index contributed by atoms with van der Waals surface area (Å²) in [4.78, 5) is 23.0. The zero-order chi connectivity index (χ0) is 14.1. The van der Waals surface area contributed by atoms with Gasteiger partial charge in [0.05, 0.1) is 0 Å². The van der Waals surface area contributed by atoms with Crippen molar-refractivity contribution in [2.75, 3.05) is 13.1 Å². The van der Waals surface area contributed by atoms with Crippen molar-refractivity contribution in [1.29, 1.82) is 0 Å². The van der Waals surface area contributed by atoms with Crippen LogP contribution in [0.5, 0.6) is 0 Å². The molecule has 1 fully saturated rings.